The Morgan fingerprint density at radius 1 is 0.870 bits per heavy atom. The van der Waals surface area contributed by atoms with Crippen LogP contribution in [0.25, 0.3) is 0 Å². The maximum absolute atomic E-state index is 14.6. The number of halogens is 1. The van der Waals surface area contributed by atoms with Crippen LogP contribution in [0.2, 0.25) is 5.02 Å². The highest BCUT2D eigenvalue weighted by molar-refractivity contribution is 7.92. The van der Waals surface area contributed by atoms with Crippen molar-refractivity contribution >= 4 is 39.1 Å². The molecule has 0 aromatic heterocycles. The molecule has 10 heteroatoms. The molecule has 8 nitrogen and oxygen atoms in total. The summed E-state index contributed by atoms with van der Waals surface area (Å²) in [5, 5.41) is 3.19. The van der Waals surface area contributed by atoms with E-state index in [0.29, 0.717) is 12.3 Å². The fourth-order valence-electron chi connectivity index (χ4n) is 5.04. The summed E-state index contributed by atoms with van der Waals surface area (Å²) in [5.74, 6) is -0.315. The third kappa shape index (κ3) is 8.89. The van der Waals surface area contributed by atoms with Gasteiger partial charge >= 0.3 is 0 Å². The van der Waals surface area contributed by atoms with Crippen molar-refractivity contribution in [1.29, 1.82) is 0 Å². The summed E-state index contributed by atoms with van der Waals surface area (Å²) >= 11 is 6.44. The maximum atomic E-state index is 14.6. The number of nitrogens with zero attached hydrogens (tertiary/aromatic N) is 2. The molecule has 242 valence electrons. The molecule has 0 aliphatic carbocycles. The number of amides is 2. The number of carbonyl (C=O) groups is 2. The molecular formula is C36H40ClN3O5S. The molecule has 0 spiro atoms. The number of ether oxygens (including phenoxy) is 1. The van der Waals surface area contributed by atoms with Crippen LogP contribution in [0.5, 0.6) is 5.75 Å². The van der Waals surface area contributed by atoms with Gasteiger partial charge in [-0.3, -0.25) is 13.9 Å². The first-order valence-electron chi connectivity index (χ1n) is 15.1. The zero-order chi connectivity index (χ0) is 33.3. The van der Waals surface area contributed by atoms with E-state index in [1.165, 1.54) is 30.2 Å². The molecule has 0 bridgehead atoms. The molecule has 0 saturated heterocycles. The molecule has 0 fully saturated rings. The Morgan fingerprint density at radius 3 is 2.13 bits per heavy atom. The smallest absolute Gasteiger partial charge is 0.264 e. The topological polar surface area (TPSA) is 96.0 Å². The lowest BCUT2D eigenvalue weighted by atomic mass is 10.0. The van der Waals surface area contributed by atoms with Crippen LogP contribution >= 0.6 is 11.6 Å². The van der Waals surface area contributed by atoms with Gasteiger partial charge in [-0.2, -0.15) is 0 Å². The summed E-state index contributed by atoms with van der Waals surface area (Å²) in [6, 6.07) is 28.7. The number of nitrogens with one attached hydrogen (secondary N) is 1. The van der Waals surface area contributed by atoms with Crippen molar-refractivity contribution in [1.82, 2.24) is 10.2 Å². The summed E-state index contributed by atoms with van der Waals surface area (Å²) < 4.78 is 34.6. The molecule has 1 N–H and O–H groups in total. The standard InChI is InChI=1S/C36H40ClN3O5S/c1-26(2)23-38-36(42)33(21-28-13-7-5-8-14-28)39(24-29-15-11-12-27(3)20-29)35(41)25-40(30-18-19-34(45-4)32(37)22-30)46(43,44)31-16-9-6-10-17-31/h5-20,22,26,33H,21,23-25H2,1-4H3,(H,38,42)/t33-/m1/s1. The van der Waals surface area contributed by atoms with Gasteiger partial charge in [0.1, 0.15) is 18.3 Å². The van der Waals surface area contributed by atoms with E-state index >= 15 is 0 Å². The van der Waals surface area contributed by atoms with Gasteiger partial charge in [0, 0.05) is 19.5 Å². The number of hydrogen-bond donors (Lipinski definition) is 1. The van der Waals surface area contributed by atoms with Gasteiger partial charge in [-0.15, -0.1) is 0 Å². The number of sulfonamides is 1. The zero-order valence-electron chi connectivity index (χ0n) is 26.5. The monoisotopic (exact) mass is 661 g/mol. The SMILES string of the molecule is COc1ccc(N(CC(=O)N(Cc2cccc(C)c2)[C@H](Cc2ccccc2)C(=O)NCC(C)C)S(=O)(=O)c2ccccc2)cc1Cl. The second-order valence-corrected chi connectivity index (χ2v) is 13.8. The average Bonchev–Trinajstić information content (AvgIpc) is 3.04. The first-order chi connectivity index (χ1) is 22.0. The van der Waals surface area contributed by atoms with Crippen molar-refractivity contribution in [3.8, 4) is 5.75 Å². The Kier molecular flexibility index (Phi) is 11.8. The van der Waals surface area contributed by atoms with Gasteiger partial charge in [0.05, 0.1) is 22.7 Å². The Hall–Kier alpha value is -4.34. The molecule has 4 rings (SSSR count). The highest BCUT2D eigenvalue weighted by atomic mass is 35.5. The van der Waals surface area contributed by atoms with E-state index in [-0.39, 0.29) is 40.4 Å². The van der Waals surface area contributed by atoms with Gasteiger partial charge in [-0.25, -0.2) is 8.42 Å². The van der Waals surface area contributed by atoms with Crippen molar-refractivity contribution in [3.05, 3.63) is 125 Å². The number of benzene rings is 4. The number of aryl methyl sites for hydroxylation is 1. The van der Waals surface area contributed by atoms with E-state index in [0.717, 1.165) is 21.0 Å². The fraction of sp³-hybridized carbons (Fsp3) is 0.278. The normalized spacial score (nSPS) is 12.0. The Morgan fingerprint density at radius 2 is 1.52 bits per heavy atom. The zero-order valence-corrected chi connectivity index (χ0v) is 28.1. The highest BCUT2D eigenvalue weighted by Gasteiger charge is 2.35. The van der Waals surface area contributed by atoms with E-state index in [4.69, 9.17) is 16.3 Å². The van der Waals surface area contributed by atoms with Gasteiger partial charge in [-0.05, 0) is 54.3 Å². The average molecular weight is 662 g/mol. The lowest BCUT2D eigenvalue weighted by molar-refractivity contribution is -0.140. The molecule has 46 heavy (non-hydrogen) atoms. The number of methoxy groups -OCH3 is 1. The largest absolute Gasteiger partial charge is 0.495 e. The summed E-state index contributed by atoms with van der Waals surface area (Å²) in [6.07, 6.45) is 0.238. The van der Waals surface area contributed by atoms with Gasteiger partial charge in [0.2, 0.25) is 11.8 Å². The van der Waals surface area contributed by atoms with Crippen LogP contribution in [0.3, 0.4) is 0 Å². The molecule has 2 amide bonds. The van der Waals surface area contributed by atoms with Crippen LogP contribution in [-0.4, -0.2) is 51.4 Å². The molecular weight excluding hydrogens is 622 g/mol. The third-order valence-corrected chi connectivity index (χ3v) is 9.51. The molecule has 4 aromatic carbocycles. The van der Waals surface area contributed by atoms with Crippen molar-refractivity contribution in [3.63, 3.8) is 0 Å². The first-order valence-corrected chi connectivity index (χ1v) is 16.9. The van der Waals surface area contributed by atoms with Crippen molar-refractivity contribution in [2.75, 3.05) is 24.5 Å². The number of anilines is 1. The van der Waals surface area contributed by atoms with E-state index in [2.05, 4.69) is 5.32 Å². The number of rotatable bonds is 14. The Bertz CT molecular complexity index is 1730. The minimum absolute atomic E-state index is 0.00971. The molecule has 0 radical (unpaired) electrons. The van der Waals surface area contributed by atoms with Gasteiger partial charge in [0.25, 0.3) is 10.0 Å². The fourth-order valence-corrected chi connectivity index (χ4v) is 6.72. The van der Waals surface area contributed by atoms with Gasteiger partial charge < -0.3 is 15.0 Å². The molecule has 1 atom stereocenters. The molecule has 0 aliphatic heterocycles. The summed E-state index contributed by atoms with van der Waals surface area (Å²) in [5.41, 5.74) is 2.86. The van der Waals surface area contributed by atoms with Crippen LogP contribution in [-0.2, 0) is 32.6 Å². The third-order valence-electron chi connectivity index (χ3n) is 7.42. The van der Waals surface area contributed by atoms with Crippen LogP contribution in [0.1, 0.15) is 30.5 Å². The molecule has 0 heterocycles. The molecule has 0 unspecified atom stereocenters. The van der Waals surface area contributed by atoms with Crippen molar-refractivity contribution < 1.29 is 22.7 Å². The summed E-state index contributed by atoms with van der Waals surface area (Å²) in [7, 11) is -2.78. The van der Waals surface area contributed by atoms with Gasteiger partial charge in [-0.1, -0.05) is 104 Å². The van der Waals surface area contributed by atoms with Crippen LogP contribution in [0.15, 0.2) is 108 Å². The summed E-state index contributed by atoms with van der Waals surface area (Å²) in [6.45, 7) is 5.89. The van der Waals surface area contributed by atoms with Gasteiger partial charge in [0.15, 0.2) is 0 Å². The van der Waals surface area contributed by atoms with E-state index in [9.17, 15) is 18.0 Å². The first kappa shape index (κ1) is 34.5. The maximum Gasteiger partial charge on any atom is 0.264 e. The lowest BCUT2D eigenvalue weighted by Crippen LogP contribution is -2.53. The molecule has 0 saturated carbocycles. The minimum atomic E-state index is -4.24. The second-order valence-electron chi connectivity index (χ2n) is 11.5. The lowest BCUT2D eigenvalue weighted by Gasteiger charge is -2.34. The van der Waals surface area contributed by atoms with E-state index in [1.54, 1.807) is 30.3 Å². The number of hydrogen-bond acceptors (Lipinski definition) is 5. The highest BCUT2D eigenvalue weighted by Crippen LogP contribution is 2.32. The van der Waals surface area contributed by atoms with Crippen LogP contribution in [0, 0.1) is 12.8 Å². The predicted octanol–water partition coefficient (Wildman–Crippen LogP) is 6.26. The van der Waals surface area contributed by atoms with Crippen molar-refractivity contribution in [2.24, 2.45) is 5.92 Å². The van der Waals surface area contributed by atoms with Crippen LogP contribution in [0.4, 0.5) is 5.69 Å². The minimum Gasteiger partial charge on any atom is -0.495 e. The predicted molar refractivity (Wildman–Crippen MR) is 182 cm³/mol. The summed E-state index contributed by atoms with van der Waals surface area (Å²) in [4.78, 5) is 29.9. The van der Waals surface area contributed by atoms with E-state index < -0.39 is 28.5 Å². The number of carbonyl (C=O) groups excluding carboxylic acids is 2. The quantitative estimate of drug-likeness (QED) is 0.172. The van der Waals surface area contributed by atoms with E-state index in [1.807, 2.05) is 75.4 Å². The second kappa shape index (κ2) is 15.8. The molecule has 4 aromatic rings. The Labute approximate surface area is 277 Å². The van der Waals surface area contributed by atoms with Crippen LogP contribution < -0.4 is 14.4 Å². The molecule has 0 aliphatic rings. The van der Waals surface area contributed by atoms with Crippen molar-refractivity contribution in [2.45, 2.75) is 44.7 Å². The Balaban J connectivity index is 1.81.